The van der Waals surface area contributed by atoms with Crippen molar-refractivity contribution in [2.24, 2.45) is 7.05 Å². The van der Waals surface area contributed by atoms with Crippen LogP contribution in [0, 0.1) is 13.8 Å². The summed E-state index contributed by atoms with van der Waals surface area (Å²) in [5, 5.41) is 4.35. The van der Waals surface area contributed by atoms with Gasteiger partial charge >= 0.3 is 0 Å². The summed E-state index contributed by atoms with van der Waals surface area (Å²) in [6, 6.07) is 0. The SMILES string of the molecule is CCCc1c(C)c(C)nn1C. The molecule has 0 fully saturated rings. The van der Waals surface area contributed by atoms with Crippen molar-refractivity contribution in [1.82, 2.24) is 9.78 Å². The lowest BCUT2D eigenvalue weighted by Gasteiger charge is -1.99. The van der Waals surface area contributed by atoms with E-state index in [2.05, 4.69) is 25.9 Å². The van der Waals surface area contributed by atoms with E-state index < -0.39 is 0 Å². The standard InChI is InChI=1S/C9H16N2/c1-5-6-9-7(2)8(3)10-11(9)4/h5-6H2,1-4H3. The smallest absolute Gasteiger partial charge is 0.0625 e. The van der Waals surface area contributed by atoms with Gasteiger partial charge in [-0.1, -0.05) is 13.3 Å². The minimum absolute atomic E-state index is 1.14. The van der Waals surface area contributed by atoms with Crippen LogP contribution in [0.15, 0.2) is 0 Å². The second kappa shape index (κ2) is 3.07. The lowest BCUT2D eigenvalue weighted by Crippen LogP contribution is -1.98. The second-order valence-electron chi connectivity index (χ2n) is 3.03. The van der Waals surface area contributed by atoms with Gasteiger partial charge in [0.15, 0.2) is 0 Å². The summed E-state index contributed by atoms with van der Waals surface area (Å²) in [4.78, 5) is 0. The average molecular weight is 152 g/mol. The van der Waals surface area contributed by atoms with Gasteiger partial charge in [-0.25, -0.2) is 0 Å². The molecule has 0 aliphatic carbocycles. The predicted octanol–water partition coefficient (Wildman–Crippen LogP) is 1.99. The van der Waals surface area contributed by atoms with E-state index in [-0.39, 0.29) is 0 Å². The number of nitrogens with zero attached hydrogens (tertiary/aromatic N) is 2. The number of aromatic nitrogens is 2. The monoisotopic (exact) mass is 152 g/mol. The van der Waals surface area contributed by atoms with Crippen molar-refractivity contribution in [3.05, 3.63) is 17.0 Å². The van der Waals surface area contributed by atoms with E-state index in [1.807, 2.05) is 11.7 Å². The molecule has 0 bridgehead atoms. The van der Waals surface area contributed by atoms with Crippen molar-refractivity contribution in [3.63, 3.8) is 0 Å². The van der Waals surface area contributed by atoms with Crippen LogP contribution in [0.25, 0.3) is 0 Å². The molecule has 1 rings (SSSR count). The Kier molecular flexibility index (Phi) is 2.32. The third-order valence-electron chi connectivity index (χ3n) is 2.15. The molecule has 11 heavy (non-hydrogen) atoms. The van der Waals surface area contributed by atoms with E-state index in [0.717, 1.165) is 12.1 Å². The molecule has 1 aromatic heterocycles. The van der Waals surface area contributed by atoms with Crippen molar-refractivity contribution in [1.29, 1.82) is 0 Å². The zero-order valence-corrected chi connectivity index (χ0v) is 7.81. The molecule has 0 aromatic carbocycles. The first-order valence-corrected chi connectivity index (χ1v) is 4.16. The Balaban J connectivity index is 3.02. The van der Waals surface area contributed by atoms with Gasteiger partial charge in [0.05, 0.1) is 5.69 Å². The minimum atomic E-state index is 1.14. The summed E-state index contributed by atoms with van der Waals surface area (Å²) in [5.74, 6) is 0. The molecule has 2 heteroatoms. The molecule has 0 N–H and O–H groups in total. The van der Waals surface area contributed by atoms with Crippen LogP contribution in [0.1, 0.15) is 30.3 Å². The molecule has 0 aliphatic heterocycles. The molecular formula is C9H16N2. The van der Waals surface area contributed by atoms with Crippen LogP contribution < -0.4 is 0 Å². The van der Waals surface area contributed by atoms with Gasteiger partial charge in [-0.2, -0.15) is 5.10 Å². The van der Waals surface area contributed by atoms with Crippen LogP contribution in [-0.4, -0.2) is 9.78 Å². The van der Waals surface area contributed by atoms with Gasteiger partial charge in [-0.15, -0.1) is 0 Å². The fourth-order valence-corrected chi connectivity index (χ4v) is 1.40. The normalized spacial score (nSPS) is 10.5. The van der Waals surface area contributed by atoms with E-state index in [1.165, 1.54) is 17.7 Å². The van der Waals surface area contributed by atoms with Crippen LogP contribution in [-0.2, 0) is 13.5 Å². The van der Waals surface area contributed by atoms with E-state index >= 15 is 0 Å². The molecule has 0 unspecified atom stereocenters. The Morgan fingerprint density at radius 3 is 2.36 bits per heavy atom. The summed E-state index contributed by atoms with van der Waals surface area (Å²) >= 11 is 0. The molecule has 0 aliphatic rings. The van der Waals surface area contributed by atoms with E-state index in [4.69, 9.17) is 0 Å². The summed E-state index contributed by atoms with van der Waals surface area (Å²) in [5.41, 5.74) is 3.90. The van der Waals surface area contributed by atoms with E-state index in [0.29, 0.717) is 0 Å². The quantitative estimate of drug-likeness (QED) is 0.633. The van der Waals surface area contributed by atoms with Crippen LogP contribution >= 0.6 is 0 Å². The van der Waals surface area contributed by atoms with E-state index in [1.54, 1.807) is 0 Å². The Labute approximate surface area is 68.2 Å². The Hall–Kier alpha value is -0.790. The van der Waals surface area contributed by atoms with Crippen molar-refractivity contribution < 1.29 is 0 Å². The van der Waals surface area contributed by atoms with Gasteiger partial charge in [0.2, 0.25) is 0 Å². The zero-order valence-electron chi connectivity index (χ0n) is 7.81. The van der Waals surface area contributed by atoms with Crippen molar-refractivity contribution in [2.45, 2.75) is 33.6 Å². The predicted molar refractivity (Wildman–Crippen MR) is 46.7 cm³/mol. The Morgan fingerprint density at radius 2 is 2.00 bits per heavy atom. The fraction of sp³-hybridized carbons (Fsp3) is 0.667. The first-order chi connectivity index (χ1) is 5.16. The maximum Gasteiger partial charge on any atom is 0.0625 e. The maximum absolute atomic E-state index is 4.35. The Morgan fingerprint density at radius 1 is 1.36 bits per heavy atom. The molecule has 0 amide bonds. The highest BCUT2D eigenvalue weighted by Crippen LogP contribution is 2.12. The minimum Gasteiger partial charge on any atom is -0.272 e. The van der Waals surface area contributed by atoms with Crippen LogP contribution in [0.4, 0.5) is 0 Å². The highest BCUT2D eigenvalue weighted by molar-refractivity contribution is 5.23. The number of rotatable bonds is 2. The molecule has 62 valence electrons. The first-order valence-electron chi connectivity index (χ1n) is 4.16. The van der Waals surface area contributed by atoms with Gasteiger partial charge < -0.3 is 0 Å². The lowest BCUT2D eigenvalue weighted by atomic mass is 10.1. The highest BCUT2D eigenvalue weighted by Gasteiger charge is 2.06. The molecule has 2 nitrogen and oxygen atoms in total. The molecule has 0 atom stereocenters. The largest absolute Gasteiger partial charge is 0.272 e. The van der Waals surface area contributed by atoms with Gasteiger partial charge in [-0.05, 0) is 25.8 Å². The van der Waals surface area contributed by atoms with Crippen molar-refractivity contribution in [2.75, 3.05) is 0 Å². The van der Waals surface area contributed by atoms with Crippen molar-refractivity contribution in [3.8, 4) is 0 Å². The fourth-order valence-electron chi connectivity index (χ4n) is 1.40. The first kappa shape index (κ1) is 8.31. The zero-order chi connectivity index (χ0) is 8.43. The van der Waals surface area contributed by atoms with Crippen LogP contribution in [0.5, 0.6) is 0 Å². The topological polar surface area (TPSA) is 17.8 Å². The molecule has 1 aromatic rings. The number of aryl methyl sites for hydroxylation is 2. The number of hydrogen-bond donors (Lipinski definition) is 0. The van der Waals surface area contributed by atoms with Gasteiger partial charge in [0.25, 0.3) is 0 Å². The third-order valence-corrected chi connectivity index (χ3v) is 2.15. The summed E-state index contributed by atoms with van der Waals surface area (Å²) in [6.07, 6.45) is 2.34. The highest BCUT2D eigenvalue weighted by atomic mass is 15.3. The van der Waals surface area contributed by atoms with Gasteiger partial charge in [-0.3, -0.25) is 4.68 Å². The average Bonchev–Trinajstić information content (AvgIpc) is 2.17. The summed E-state index contributed by atoms with van der Waals surface area (Å²) in [6.45, 7) is 6.41. The summed E-state index contributed by atoms with van der Waals surface area (Å²) in [7, 11) is 2.02. The molecule has 0 saturated heterocycles. The van der Waals surface area contributed by atoms with Gasteiger partial charge in [0, 0.05) is 12.7 Å². The number of hydrogen-bond acceptors (Lipinski definition) is 1. The molecular weight excluding hydrogens is 136 g/mol. The maximum atomic E-state index is 4.35. The summed E-state index contributed by atoms with van der Waals surface area (Å²) < 4.78 is 1.99. The lowest BCUT2D eigenvalue weighted by molar-refractivity contribution is 0.691. The second-order valence-corrected chi connectivity index (χ2v) is 3.03. The molecule has 0 radical (unpaired) electrons. The molecule has 0 spiro atoms. The Bertz CT molecular complexity index is 248. The van der Waals surface area contributed by atoms with Crippen molar-refractivity contribution >= 4 is 0 Å². The van der Waals surface area contributed by atoms with Crippen LogP contribution in [0.2, 0.25) is 0 Å². The molecule has 0 saturated carbocycles. The molecule has 1 heterocycles. The van der Waals surface area contributed by atoms with Gasteiger partial charge in [0.1, 0.15) is 0 Å². The third kappa shape index (κ3) is 1.44. The van der Waals surface area contributed by atoms with Crippen LogP contribution in [0.3, 0.4) is 0 Å². The van der Waals surface area contributed by atoms with E-state index in [9.17, 15) is 0 Å².